The van der Waals surface area contributed by atoms with Gasteiger partial charge in [0.05, 0.1) is 4.92 Å². The number of anilines is 1. The number of hydrogen-bond acceptors (Lipinski definition) is 6. The Balaban J connectivity index is 2.12. The van der Waals surface area contributed by atoms with Crippen molar-refractivity contribution in [1.82, 2.24) is 9.97 Å². The Kier molecular flexibility index (Phi) is 3.26. The molecule has 3 N–H and O–H groups in total. The molecule has 1 heterocycles. The third kappa shape index (κ3) is 2.68. The van der Waals surface area contributed by atoms with Gasteiger partial charge in [0.15, 0.2) is 5.82 Å². The van der Waals surface area contributed by atoms with Crippen molar-refractivity contribution in [3.63, 3.8) is 0 Å². The van der Waals surface area contributed by atoms with Gasteiger partial charge in [0.25, 0.3) is 5.69 Å². The molecule has 1 aliphatic rings. The summed E-state index contributed by atoms with van der Waals surface area (Å²) in [6.07, 6.45) is 2.21. The molecule has 21 heavy (non-hydrogen) atoms. The van der Waals surface area contributed by atoms with Gasteiger partial charge in [-0.2, -0.15) is 0 Å². The average Bonchev–Trinajstić information content (AvgIpc) is 3.31. The number of non-ortho nitro benzene ring substituents is 1. The largest absolute Gasteiger partial charge is 0.308 e. The second-order valence-electron chi connectivity index (χ2n) is 5.18. The van der Waals surface area contributed by atoms with Crippen LogP contribution in [0.2, 0.25) is 0 Å². The molecule has 0 saturated heterocycles. The molecule has 0 radical (unpaired) electrons. The predicted molar refractivity (Wildman–Crippen MR) is 78.6 cm³/mol. The number of hydrazine groups is 1. The van der Waals surface area contributed by atoms with Gasteiger partial charge in [0.1, 0.15) is 5.82 Å². The topological polar surface area (TPSA) is 107 Å². The van der Waals surface area contributed by atoms with E-state index in [1.54, 1.807) is 6.07 Å². The highest BCUT2D eigenvalue weighted by Gasteiger charge is 2.26. The average molecular weight is 285 g/mol. The Morgan fingerprint density at radius 1 is 1.33 bits per heavy atom. The SMILES string of the molecule is Cc1ccc([N+](=O)[O-])cc1-c1nc(NN)cc(C2CC2)n1. The number of nitrogens with two attached hydrogens (primary N) is 1. The van der Waals surface area contributed by atoms with Crippen molar-refractivity contribution in [2.45, 2.75) is 25.7 Å². The number of nitrogens with zero attached hydrogens (tertiary/aromatic N) is 3. The second-order valence-corrected chi connectivity index (χ2v) is 5.18. The summed E-state index contributed by atoms with van der Waals surface area (Å²) >= 11 is 0. The lowest BCUT2D eigenvalue weighted by atomic mass is 10.1. The lowest BCUT2D eigenvalue weighted by molar-refractivity contribution is -0.384. The van der Waals surface area contributed by atoms with Crippen LogP contribution in [0.5, 0.6) is 0 Å². The molecule has 108 valence electrons. The number of nitrogens with one attached hydrogen (secondary N) is 1. The summed E-state index contributed by atoms with van der Waals surface area (Å²) in [5.41, 5.74) is 5.03. The molecular weight excluding hydrogens is 270 g/mol. The molecule has 0 atom stereocenters. The first-order valence-electron chi connectivity index (χ1n) is 6.69. The summed E-state index contributed by atoms with van der Waals surface area (Å²) in [6, 6.07) is 6.51. The molecule has 0 unspecified atom stereocenters. The van der Waals surface area contributed by atoms with Gasteiger partial charge in [-0.1, -0.05) is 6.07 Å². The van der Waals surface area contributed by atoms with Crippen LogP contribution < -0.4 is 11.3 Å². The summed E-state index contributed by atoms with van der Waals surface area (Å²) < 4.78 is 0. The van der Waals surface area contributed by atoms with Gasteiger partial charge in [-0.05, 0) is 25.3 Å². The fraction of sp³-hybridized carbons (Fsp3) is 0.286. The zero-order valence-corrected chi connectivity index (χ0v) is 11.5. The van der Waals surface area contributed by atoms with E-state index in [9.17, 15) is 10.1 Å². The number of benzene rings is 1. The first-order chi connectivity index (χ1) is 10.1. The van der Waals surface area contributed by atoms with Gasteiger partial charge in [-0.15, -0.1) is 0 Å². The number of rotatable bonds is 4. The van der Waals surface area contributed by atoms with E-state index >= 15 is 0 Å². The van der Waals surface area contributed by atoms with E-state index in [0.717, 1.165) is 24.1 Å². The minimum absolute atomic E-state index is 0.0262. The Morgan fingerprint density at radius 2 is 2.10 bits per heavy atom. The summed E-state index contributed by atoms with van der Waals surface area (Å²) in [7, 11) is 0. The van der Waals surface area contributed by atoms with Crippen LogP contribution in [-0.4, -0.2) is 14.9 Å². The zero-order valence-electron chi connectivity index (χ0n) is 11.5. The van der Waals surface area contributed by atoms with E-state index < -0.39 is 4.92 Å². The van der Waals surface area contributed by atoms with Crippen molar-refractivity contribution in [2.24, 2.45) is 5.84 Å². The number of aromatic nitrogens is 2. The predicted octanol–water partition coefficient (Wildman–Crippen LogP) is 2.52. The quantitative estimate of drug-likeness (QED) is 0.508. The van der Waals surface area contributed by atoms with E-state index in [2.05, 4.69) is 15.4 Å². The fourth-order valence-electron chi connectivity index (χ4n) is 2.21. The fourth-order valence-corrected chi connectivity index (χ4v) is 2.21. The van der Waals surface area contributed by atoms with Gasteiger partial charge < -0.3 is 5.43 Å². The van der Waals surface area contributed by atoms with Gasteiger partial charge in [0.2, 0.25) is 0 Å². The standard InChI is InChI=1S/C14H15N5O2/c1-8-2-5-10(19(20)21)6-11(8)14-16-12(9-3-4-9)7-13(17-14)18-15/h2,5-7,9H,3-4,15H2,1H3,(H,16,17,18). The van der Waals surface area contributed by atoms with Gasteiger partial charge >= 0.3 is 0 Å². The summed E-state index contributed by atoms with van der Waals surface area (Å²) in [5.74, 6) is 6.88. The highest BCUT2D eigenvalue weighted by Crippen LogP contribution is 2.40. The van der Waals surface area contributed by atoms with Crippen LogP contribution in [0.3, 0.4) is 0 Å². The molecule has 0 bridgehead atoms. The highest BCUT2D eigenvalue weighted by molar-refractivity contribution is 5.65. The molecule has 7 nitrogen and oxygen atoms in total. The molecule has 1 aliphatic carbocycles. The second kappa shape index (κ2) is 5.10. The molecule has 3 rings (SSSR count). The maximum atomic E-state index is 10.9. The van der Waals surface area contributed by atoms with Crippen molar-refractivity contribution in [1.29, 1.82) is 0 Å². The molecule has 1 aromatic carbocycles. The third-order valence-corrected chi connectivity index (χ3v) is 3.56. The molecule has 0 aliphatic heterocycles. The Hall–Kier alpha value is -2.54. The van der Waals surface area contributed by atoms with E-state index in [-0.39, 0.29) is 5.69 Å². The van der Waals surface area contributed by atoms with E-state index in [4.69, 9.17) is 5.84 Å². The third-order valence-electron chi connectivity index (χ3n) is 3.56. The molecular formula is C14H15N5O2. The van der Waals surface area contributed by atoms with Crippen LogP contribution >= 0.6 is 0 Å². The van der Waals surface area contributed by atoms with Crippen LogP contribution in [0.4, 0.5) is 11.5 Å². The maximum Gasteiger partial charge on any atom is 0.270 e. The maximum absolute atomic E-state index is 10.9. The summed E-state index contributed by atoms with van der Waals surface area (Å²) in [5, 5.41) is 10.9. The summed E-state index contributed by atoms with van der Waals surface area (Å²) in [4.78, 5) is 19.4. The van der Waals surface area contributed by atoms with Gasteiger partial charge in [-0.25, -0.2) is 15.8 Å². The van der Waals surface area contributed by atoms with Crippen molar-refractivity contribution in [2.75, 3.05) is 5.43 Å². The first kappa shape index (κ1) is 13.4. The number of nitro groups is 1. The van der Waals surface area contributed by atoms with E-state index in [1.165, 1.54) is 12.1 Å². The monoisotopic (exact) mass is 285 g/mol. The van der Waals surface area contributed by atoms with Gasteiger partial charge in [0, 0.05) is 35.4 Å². The molecule has 1 fully saturated rings. The van der Waals surface area contributed by atoms with E-state index in [0.29, 0.717) is 23.1 Å². The van der Waals surface area contributed by atoms with Crippen molar-refractivity contribution in [3.8, 4) is 11.4 Å². The molecule has 0 amide bonds. The normalized spacial score (nSPS) is 14.0. The number of aryl methyl sites for hydroxylation is 1. The lowest BCUT2D eigenvalue weighted by Crippen LogP contribution is -2.10. The molecule has 1 saturated carbocycles. The van der Waals surface area contributed by atoms with Gasteiger partial charge in [-0.3, -0.25) is 10.1 Å². The minimum Gasteiger partial charge on any atom is -0.308 e. The highest BCUT2D eigenvalue weighted by atomic mass is 16.6. The number of nitro benzene ring substituents is 1. The van der Waals surface area contributed by atoms with Crippen LogP contribution in [0.25, 0.3) is 11.4 Å². The summed E-state index contributed by atoms with van der Waals surface area (Å²) in [6.45, 7) is 1.88. The molecule has 2 aromatic rings. The number of hydrogen-bond donors (Lipinski definition) is 2. The smallest absolute Gasteiger partial charge is 0.270 e. The lowest BCUT2D eigenvalue weighted by Gasteiger charge is -2.09. The Morgan fingerprint density at radius 3 is 2.71 bits per heavy atom. The van der Waals surface area contributed by atoms with Crippen molar-refractivity contribution < 1.29 is 4.92 Å². The molecule has 1 aromatic heterocycles. The Labute approximate surface area is 121 Å². The first-order valence-corrected chi connectivity index (χ1v) is 6.69. The van der Waals surface area contributed by atoms with Crippen LogP contribution in [0.1, 0.15) is 30.0 Å². The van der Waals surface area contributed by atoms with Crippen LogP contribution in [0, 0.1) is 17.0 Å². The molecule has 0 spiro atoms. The zero-order chi connectivity index (χ0) is 15.0. The van der Waals surface area contributed by atoms with Crippen LogP contribution in [-0.2, 0) is 0 Å². The molecule has 7 heteroatoms. The van der Waals surface area contributed by atoms with E-state index in [1.807, 2.05) is 13.0 Å². The van der Waals surface area contributed by atoms with Crippen LogP contribution in [0.15, 0.2) is 24.3 Å². The minimum atomic E-state index is -0.421. The Bertz CT molecular complexity index is 713. The number of nitrogen functional groups attached to an aromatic ring is 1. The van der Waals surface area contributed by atoms with Crippen molar-refractivity contribution >= 4 is 11.5 Å². The van der Waals surface area contributed by atoms with Crippen molar-refractivity contribution in [3.05, 3.63) is 45.6 Å².